The van der Waals surface area contributed by atoms with Crippen molar-refractivity contribution in [2.45, 2.75) is 51.9 Å². The van der Waals surface area contributed by atoms with E-state index in [1.165, 1.54) is 19.3 Å². The number of carbonyl (C=O) groups excluding carboxylic acids is 1. The summed E-state index contributed by atoms with van der Waals surface area (Å²) < 4.78 is 0. The standard InChI is InChI=1S/C18H28N2O/c1-3-5-8-14(4-2)13-20-18(21)16-11-12-19-17-10-7-6-9-15(16)17/h6-7,9-10,14,16,19H,3-5,8,11-13H2,1-2H3,(H,20,21). The zero-order chi connectivity index (χ0) is 15.1. The maximum Gasteiger partial charge on any atom is 0.227 e. The van der Waals surface area contributed by atoms with Crippen molar-refractivity contribution in [3.8, 4) is 0 Å². The van der Waals surface area contributed by atoms with Crippen LogP contribution in [0.5, 0.6) is 0 Å². The van der Waals surface area contributed by atoms with Crippen LogP contribution < -0.4 is 10.6 Å². The molecule has 2 unspecified atom stereocenters. The summed E-state index contributed by atoms with van der Waals surface area (Å²) in [7, 11) is 0. The van der Waals surface area contributed by atoms with Gasteiger partial charge in [-0.25, -0.2) is 0 Å². The predicted molar refractivity (Wildman–Crippen MR) is 88.6 cm³/mol. The highest BCUT2D eigenvalue weighted by molar-refractivity contribution is 5.86. The number of para-hydroxylation sites is 1. The Bertz CT molecular complexity index is 458. The van der Waals surface area contributed by atoms with Crippen molar-refractivity contribution in [3.05, 3.63) is 29.8 Å². The fraction of sp³-hybridized carbons (Fsp3) is 0.611. The normalized spacial score (nSPS) is 18.5. The predicted octanol–water partition coefficient (Wildman–Crippen LogP) is 3.92. The van der Waals surface area contributed by atoms with Gasteiger partial charge in [-0.2, -0.15) is 0 Å². The van der Waals surface area contributed by atoms with Crippen molar-refractivity contribution < 1.29 is 4.79 Å². The van der Waals surface area contributed by atoms with Crippen molar-refractivity contribution in [2.75, 3.05) is 18.4 Å². The number of benzene rings is 1. The van der Waals surface area contributed by atoms with E-state index in [1.807, 2.05) is 12.1 Å². The van der Waals surface area contributed by atoms with E-state index in [2.05, 4.69) is 36.6 Å². The van der Waals surface area contributed by atoms with Crippen LogP contribution in [0.1, 0.15) is 57.4 Å². The molecule has 0 aromatic heterocycles. The third kappa shape index (κ3) is 4.23. The zero-order valence-corrected chi connectivity index (χ0v) is 13.3. The second kappa shape index (κ2) is 8.06. The van der Waals surface area contributed by atoms with Gasteiger partial charge in [0.05, 0.1) is 5.92 Å². The first-order valence-corrected chi connectivity index (χ1v) is 8.36. The average molecular weight is 288 g/mol. The Labute approximate surface area is 128 Å². The lowest BCUT2D eigenvalue weighted by molar-refractivity contribution is -0.122. The molecule has 0 aliphatic carbocycles. The monoisotopic (exact) mass is 288 g/mol. The average Bonchev–Trinajstić information content (AvgIpc) is 2.54. The number of hydrogen-bond acceptors (Lipinski definition) is 2. The number of hydrogen-bond donors (Lipinski definition) is 2. The van der Waals surface area contributed by atoms with Crippen LogP contribution in [0.4, 0.5) is 5.69 Å². The fourth-order valence-electron chi connectivity index (χ4n) is 3.05. The number of anilines is 1. The summed E-state index contributed by atoms with van der Waals surface area (Å²) >= 11 is 0. The van der Waals surface area contributed by atoms with Gasteiger partial charge in [-0.3, -0.25) is 4.79 Å². The number of nitrogens with one attached hydrogen (secondary N) is 2. The van der Waals surface area contributed by atoms with Crippen LogP contribution in [0.2, 0.25) is 0 Å². The Morgan fingerprint density at radius 1 is 1.38 bits per heavy atom. The number of carbonyl (C=O) groups is 1. The smallest absolute Gasteiger partial charge is 0.227 e. The zero-order valence-electron chi connectivity index (χ0n) is 13.3. The maximum absolute atomic E-state index is 12.5. The SMILES string of the molecule is CCCCC(CC)CNC(=O)C1CCNc2ccccc21. The molecule has 1 aromatic rings. The van der Waals surface area contributed by atoms with Crippen molar-refractivity contribution in [1.29, 1.82) is 0 Å². The first kappa shape index (κ1) is 15.9. The molecule has 116 valence electrons. The van der Waals surface area contributed by atoms with E-state index < -0.39 is 0 Å². The van der Waals surface area contributed by atoms with E-state index in [0.717, 1.165) is 37.2 Å². The van der Waals surface area contributed by atoms with Crippen LogP contribution in [-0.2, 0) is 4.79 Å². The molecule has 1 aliphatic rings. The molecular formula is C18H28N2O. The second-order valence-corrected chi connectivity index (χ2v) is 6.02. The molecular weight excluding hydrogens is 260 g/mol. The third-order valence-electron chi connectivity index (χ3n) is 4.51. The molecule has 0 fully saturated rings. The van der Waals surface area contributed by atoms with E-state index in [0.29, 0.717) is 5.92 Å². The van der Waals surface area contributed by atoms with Gasteiger partial charge >= 0.3 is 0 Å². The van der Waals surface area contributed by atoms with Gasteiger partial charge in [-0.15, -0.1) is 0 Å². The van der Waals surface area contributed by atoms with Gasteiger partial charge in [0, 0.05) is 18.8 Å². The first-order chi connectivity index (χ1) is 10.3. The van der Waals surface area contributed by atoms with E-state index in [4.69, 9.17) is 0 Å². The summed E-state index contributed by atoms with van der Waals surface area (Å²) in [5.74, 6) is 0.816. The molecule has 0 radical (unpaired) electrons. The van der Waals surface area contributed by atoms with Crippen LogP contribution in [-0.4, -0.2) is 19.0 Å². The maximum atomic E-state index is 12.5. The van der Waals surface area contributed by atoms with E-state index in [9.17, 15) is 4.79 Å². The number of rotatable bonds is 7. The molecule has 0 spiro atoms. The minimum atomic E-state index is 0.00568. The Hall–Kier alpha value is -1.51. The van der Waals surface area contributed by atoms with Crippen LogP contribution in [0, 0.1) is 5.92 Å². The number of fused-ring (bicyclic) bond motifs is 1. The molecule has 1 heterocycles. The lowest BCUT2D eigenvalue weighted by Crippen LogP contribution is -2.35. The Balaban J connectivity index is 1.92. The van der Waals surface area contributed by atoms with Crippen LogP contribution >= 0.6 is 0 Å². The summed E-state index contributed by atoms with van der Waals surface area (Å²) in [6.07, 6.45) is 5.73. The molecule has 0 saturated carbocycles. The first-order valence-electron chi connectivity index (χ1n) is 8.36. The molecule has 0 saturated heterocycles. The van der Waals surface area contributed by atoms with Gasteiger partial charge in [0.25, 0.3) is 0 Å². The second-order valence-electron chi connectivity index (χ2n) is 6.02. The van der Waals surface area contributed by atoms with Crippen molar-refractivity contribution in [3.63, 3.8) is 0 Å². The summed E-state index contributed by atoms with van der Waals surface area (Å²) in [6.45, 7) is 6.13. The van der Waals surface area contributed by atoms with Crippen LogP contribution in [0.15, 0.2) is 24.3 Å². The van der Waals surface area contributed by atoms with Gasteiger partial charge in [0.15, 0.2) is 0 Å². The minimum absolute atomic E-state index is 0.00568. The fourth-order valence-corrected chi connectivity index (χ4v) is 3.05. The quantitative estimate of drug-likeness (QED) is 0.798. The van der Waals surface area contributed by atoms with Gasteiger partial charge < -0.3 is 10.6 Å². The highest BCUT2D eigenvalue weighted by Crippen LogP contribution is 2.31. The highest BCUT2D eigenvalue weighted by Gasteiger charge is 2.26. The highest BCUT2D eigenvalue weighted by atomic mass is 16.1. The molecule has 2 rings (SSSR count). The van der Waals surface area contributed by atoms with Gasteiger partial charge in [0.1, 0.15) is 0 Å². The number of unbranched alkanes of at least 4 members (excludes halogenated alkanes) is 1. The molecule has 3 heteroatoms. The summed E-state index contributed by atoms with van der Waals surface area (Å²) in [4.78, 5) is 12.5. The molecule has 3 nitrogen and oxygen atoms in total. The van der Waals surface area contributed by atoms with Gasteiger partial charge in [-0.05, 0) is 30.4 Å². The summed E-state index contributed by atoms with van der Waals surface area (Å²) in [6, 6.07) is 8.16. The Kier molecular flexibility index (Phi) is 6.09. The van der Waals surface area contributed by atoms with Gasteiger partial charge in [0.2, 0.25) is 5.91 Å². The molecule has 21 heavy (non-hydrogen) atoms. The molecule has 2 N–H and O–H groups in total. The van der Waals surface area contributed by atoms with Crippen molar-refractivity contribution >= 4 is 11.6 Å². The van der Waals surface area contributed by atoms with Crippen molar-refractivity contribution in [1.82, 2.24) is 5.32 Å². The molecule has 1 aliphatic heterocycles. The van der Waals surface area contributed by atoms with Crippen molar-refractivity contribution in [2.24, 2.45) is 5.92 Å². The Morgan fingerprint density at radius 2 is 2.19 bits per heavy atom. The van der Waals surface area contributed by atoms with Gasteiger partial charge in [-0.1, -0.05) is 51.3 Å². The van der Waals surface area contributed by atoms with Crippen LogP contribution in [0.25, 0.3) is 0 Å². The van der Waals surface area contributed by atoms with E-state index in [-0.39, 0.29) is 11.8 Å². The largest absolute Gasteiger partial charge is 0.385 e. The molecule has 1 aromatic carbocycles. The number of amides is 1. The van der Waals surface area contributed by atoms with E-state index >= 15 is 0 Å². The van der Waals surface area contributed by atoms with Crippen LogP contribution in [0.3, 0.4) is 0 Å². The molecule has 0 bridgehead atoms. The lowest BCUT2D eigenvalue weighted by Gasteiger charge is -2.26. The Morgan fingerprint density at radius 3 is 2.95 bits per heavy atom. The molecule has 1 amide bonds. The third-order valence-corrected chi connectivity index (χ3v) is 4.51. The molecule has 2 atom stereocenters. The lowest BCUT2D eigenvalue weighted by atomic mass is 9.90. The minimum Gasteiger partial charge on any atom is -0.385 e. The summed E-state index contributed by atoms with van der Waals surface area (Å²) in [5.41, 5.74) is 2.25. The summed E-state index contributed by atoms with van der Waals surface area (Å²) in [5, 5.41) is 6.56. The van der Waals surface area contributed by atoms with E-state index in [1.54, 1.807) is 0 Å². The topological polar surface area (TPSA) is 41.1 Å².